The van der Waals surface area contributed by atoms with Gasteiger partial charge in [0.1, 0.15) is 4.90 Å². The van der Waals surface area contributed by atoms with Gasteiger partial charge in [0.25, 0.3) is 0 Å². The Morgan fingerprint density at radius 1 is 1.29 bits per heavy atom. The molecular weight excluding hydrogens is 328 g/mol. The van der Waals surface area contributed by atoms with Crippen LogP contribution in [0, 0.1) is 6.92 Å². The van der Waals surface area contributed by atoms with Gasteiger partial charge in [0, 0.05) is 29.9 Å². The van der Waals surface area contributed by atoms with Crippen LogP contribution in [0.3, 0.4) is 0 Å². The van der Waals surface area contributed by atoms with Gasteiger partial charge in [0.2, 0.25) is 10.0 Å². The van der Waals surface area contributed by atoms with E-state index >= 15 is 0 Å². The van der Waals surface area contributed by atoms with Gasteiger partial charge in [-0.05, 0) is 24.6 Å². The van der Waals surface area contributed by atoms with Crippen molar-refractivity contribution in [3.8, 4) is 0 Å². The Kier molecular flexibility index (Phi) is 4.61. The summed E-state index contributed by atoms with van der Waals surface area (Å²) in [6.07, 6.45) is 4.92. The topological polar surface area (TPSA) is 97.1 Å². The lowest BCUT2D eigenvalue weighted by Gasteiger charge is -2.08. The first-order valence-corrected chi connectivity index (χ1v) is 8.95. The van der Waals surface area contributed by atoms with Gasteiger partial charge in [-0.25, -0.2) is 13.1 Å². The molecule has 24 heavy (non-hydrogen) atoms. The number of nitrogens with one attached hydrogen (secondary N) is 1. The van der Waals surface area contributed by atoms with E-state index < -0.39 is 10.0 Å². The minimum atomic E-state index is -3.70. The second-order valence-electron chi connectivity index (χ2n) is 5.50. The van der Waals surface area contributed by atoms with Crippen molar-refractivity contribution in [1.82, 2.24) is 19.5 Å². The number of benzene rings is 1. The number of aliphatic hydroxyl groups excluding tert-OH is 1. The predicted molar refractivity (Wildman–Crippen MR) is 89.8 cm³/mol. The maximum absolute atomic E-state index is 12.6. The van der Waals surface area contributed by atoms with Crippen LogP contribution in [0.4, 0.5) is 0 Å². The highest BCUT2D eigenvalue weighted by Crippen LogP contribution is 2.21. The molecule has 0 aliphatic carbocycles. The summed E-state index contributed by atoms with van der Waals surface area (Å²) in [4.78, 5) is 4.42. The smallest absolute Gasteiger partial charge is 0.243 e. The molecule has 126 valence electrons. The van der Waals surface area contributed by atoms with E-state index in [0.29, 0.717) is 12.1 Å². The number of aliphatic hydroxyl groups is 1. The summed E-state index contributed by atoms with van der Waals surface area (Å²) in [5.41, 5.74) is 2.14. The van der Waals surface area contributed by atoms with E-state index in [-0.39, 0.29) is 18.0 Å². The molecule has 7 nitrogen and oxygen atoms in total. The summed E-state index contributed by atoms with van der Waals surface area (Å²) in [5, 5.41) is 13.7. The van der Waals surface area contributed by atoms with Crippen molar-refractivity contribution in [1.29, 1.82) is 0 Å². The average molecular weight is 346 g/mol. The van der Waals surface area contributed by atoms with Crippen LogP contribution in [0.2, 0.25) is 0 Å². The maximum atomic E-state index is 12.6. The van der Waals surface area contributed by atoms with Crippen molar-refractivity contribution in [3.63, 3.8) is 0 Å². The van der Waals surface area contributed by atoms with Crippen molar-refractivity contribution in [2.45, 2.75) is 24.9 Å². The Morgan fingerprint density at radius 2 is 2.12 bits per heavy atom. The quantitative estimate of drug-likeness (QED) is 0.699. The first-order valence-electron chi connectivity index (χ1n) is 7.47. The number of nitrogens with zero attached hydrogens (tertiary/aromatic N) is 3. The third-order valence-electron chi connectivity index (χ3n) is 3.58. The van der Waals surface area contributed by atoms with Gasteiger partial charge >= 0.3 is 0 Å². The molecule has 0 unspecified atom stereocenters. The molecule has 0 spiro atoms. The fourth-order valence-electron chi connectivity index (χ4n) is 2.44. The molecule has 0 atom stereocenters. The van der Waals surface area contributed by atoms with Gasteiger partial charge in [-0.2, -0.15) is 5.10 Å². The fourth-order valence-corrected chi connectivity index (χ4v) is 3.63. The Morgan fingerprint density at radius 3 is 2.92 bits per heavy atom. The zero-order valence-corrected chi connectivity index (χ0v) is 14.0. The van der Waals surface area contributed by atoms with Gasteiger partial charge in [-0.15, -0.1) is 0 Å². The predicted octanol–water partition coefficient (Wildman–Crippen LogP) is 1.21. The maximum Gasteiger partial charge on any atom is 0.243 e. The molecule has 2 heterocycles. The number of aryl methyl sites for hydroxylation is 1. The molecule has 0 aliphatic rings. The third kappa shape index (κ3) is 3.45. The van der Waals surface area contributed by atoms with Gasteiger partial charge in [-0.1, -0.05) is 12.1 Å². The average Bonchev–Trinajstić information content (AvgIpc) is 3.00. The molecule has 1 aromatic carbocycles. The van der Waals surface area contributed by atoms with Crippen molar-refractivity contribution in [3.05, 3.63) is 54.0 Å². The number of rotatable bonds is 6. The van der Waals surface area contributed by atoms with E-state index in [2.05, 4.69) is 14.8 Å². The van der Waals surface area contributed by atoms with Gasteiger partial charge in [0.15, 0.2) is 0 Å². The minimum absolute atomic E-state index is 0.0199. The van der Waals surface area contributed by atoms with Gasteiger partial charge in [0.05, 0.1) is 24.9 Å². The standard InChI is InChI=1S/C16H18N4O3S/c1-12-7-14-3-2-4-15(16(14)17-8-12)24(22,23)19-10-13-9-18-20(11-13)5-6-21/h2-4,7-9,11,19,21H,5-6,10H2,1H3. The van der Waals surface area contributed by atoms with Crippen molar-refractivity contribution < 1.29 is 13.5 Å². The Bertz CT molecular complexity index is 966. The van der Waals surface area contributed by atoms with Gasteiger partial charge < -0.3 is 5.11 Å². The molecule has 0 amide bonds. The zero-order chi connectivity index (χ0) is 17.2. The molecule has 2 N–H and O–H groups in total. The number of hydrogen-bond donors (Lipinski definition) is 2. The summed E-state index contributed by atoms with van der Waals surface area (Å²) in [7, 11) is -3.70. The molecule has 0 saturated carbocycles. The lowest BCUT2D eigenvalue weighted by atomic mass is 10.2. The van der Waals surface area contributed by atoms with Crippen LogP contribution in [-0.2, 0) is 23.1 Å². The molecule has 3 aromatic rings. The third-order valence-corrected chi connectivity index (χ3v) is 5.02. The van der Waals surface area contributed by atoms with Crippen LogP contribution >= 0.6 is 0 Å². The largest absolute Gasteiger partial charge is 0.394 e. The van der Waals surface area contributed by atoms with Crippen molar-refractivity contribution in [2.75, 3.05) is 6.61 Å². The van der Waals surface area contributed by atoms with Crippen LogP contribution in [-0.4, -0.2) is 34.9 Å². The summed E-state index contributed by atoms with van der Waals surface area (Å²) in [6, 6.07) is 6.99. The first-order chi connectivity index (χ1) is 11.5. The monoisotopic (exact) mass is 346 g/mol. The highest BCUT2D eigenvalue weighted by molar-refractivity contribution is 7.89. The molecule has 0 radical (unpaired) electrons. The second-order valence-corrected chi connectivity index (χ2v) is 7.24. The Hall–Kier alpha value is -2.29. The van der Waals surface area contributed by atoms with Crippen LogP contribution in [0.5, 0.6) is 0 Å². The number of aromatic nitrogens is 3. The Labute approximate surface area is 140 Å². The minimum Gasteiger partial charge on any atom is -0.394 e. The second kappa shape index (κ2) is 6.68. The number of sulfonamides is 1. The number of fused-ring (bicyclic) bond motifs is 1. The summed E-state index contributed by atoms with van der Waals surface area (Å²) >= 11 is 0. The molecule has 0 saturated heterocycles. The van der Waals surface area contributed by atoms with E-state index in [4.69, 9.17) is 5.11 Å². The van der Waals surface area contributed by atoms with Gasteiger partial charge in [-0.3, -0.25) is 9.67 Å². The van der Waals surface area contributed by atoms with Crippen LogP contribution in [0.25, 0.3) is 10.9 Å². The van der Waals surface area contributed by atoms with Crippen molar-refractivity contribution >= 4 is 20.9 Å². The zero-order valence-electron chi connectivity index (χ0n) is 13.2. The molecule has 0 bridgehead atoms. The first kappa shape index (κ1) is 16.6. The lowest BCUT2D eigenvalue weighted by molar-refractivity contribution is 0.269. The fraction of sp³-hybridized carbons (Fsp3) is 0.250. The normalized spacial score (nSPS) is 11.9. The van der Waals surface area contributed by atoms with E-state index in [9.17, 15) is 8.42 Å². The van der Waals surface area contributed by atoms with Crippen LogP contribution < -0.4 is 4.72 Å². The number of pyridine rings is 1. The summed E-state index contributed by atoms with van der Waals surface area (Å²) < 4.78 is 29.4. The molecule has 8 heteroatoms. The Balaban J connectivity index is 1.85. The highest BCUT2D eigenvalue weighted by atomic mass is 32.2. The summed E-state index contributed by atoms with van der Waals surface area (Å²) in [6.45, 7) is 2.39. The number of para-hydroxylation sites is 1. The van der Waals surface area contributed by atoms with E-state index in [1.807, 2.05) is 19.1 Å². The van der Waals surface area contributed by atoms with E-state index in [1.54, 1.807) is 35.4 Å². The summed E-state index contributed by atoms with van der Waals surface area (Å²) in [5.74, 6) is 0. The number of hydrogen-bond acceptors (Lipinski definition) is 5. The molecule has 0 fully saturated rings. The molecule has 0 aliphatic heterocycles. The lowest BCUT2D eigenvalue weighted by Crippen LogP contribution is -2.23. The van der Waals surface area contributed by atoms with E-state index in [1.165, 1.54) is 0 Å². The molecule has 3 rings (SSSR count). The van der Waals surface area contributed by atoms with Crippen LogP contribution in [0.15, 0.2) is 47.8 Å². The molecular formula is C16H18N4O3S. The van der Waals surface area contributed by atoms with Crippen molar-refractivity contribution in [2.24, 2.45) is 0 Å². The SMILES string of the molecule is Cc1cnc2c(S(=O)(=O)NCc3cnn(CCO)c3)cccc2c1. The molecule has 2 aromatic heterocycles. The van der Waals surface area contributed by atoms with Crippen LogP contribution in [0.1, 0.15) is 11.1 Å². The highest BCUT2D eigenvalue weighted by Gasteiger charge is 2.18. The van der Waals surface area contributed by atoms with E-state index in [0.717, 1.165) is 16.5 Å².